The van der Waals surface area contributed by atoms with Gasteiger partial charge < -0.3 is 4.74 Å². The summed E-state index contributed by atoms with van der Waals surface area (Å²) < 4.78 is 6.82. The van der Waals surface area contributed by atoms with E-state index in [1.54, 1.807) is 0 Å². The van der Waals surface area contributed by atoms with Gasteiger partial charge in [-0.05, 0) is 64.1 Å². The summed E-state index contributed by atoms with van der Waals surface area (Å²) >= 11 is 0. The minimum atomic E-state index is 0.0672. The summed E-state index contributed by atoms with van der Waals surface area (Å²) in [5.74, 6) is 1.99. The minimum Gasteiger partial charge on any atom is -0.455 e. The van der Waals surface area contributed by atoms with Gasteiger partial charge in [0.25, 0.3) is 0 Å². The molecule has 0 spiro atoms. The average molecular weight is 380 g/mol. The normalized spacial score (nSPS) is 17.8. The van der Waals surface area contributed by atoms with Crippen molar-refractivity contribution in [2.45, 2.75) is 51.9 Å². The third-order valence-electron chi connectivity index (χ3n) is 7.01. The zero-order valence-corrected chi connectivity index (χ0v) is 17.7. The van der Waals surface area contributed by atoms with E-state index in [4.69, 9.17) is 9.72 Å². The van der Waals surface area contributed by atoms with Gasteiger partial charge in [-0.1, -0.05) is 52.0 Å². The van der Waals surface area contributed by atoms with E-state index in [2.05, 4.69) is 77.1 Å². The van der Waals surface area contributed by atoms with E-state index >= 15 is 0 Å². The van der Waals surface area contributed by atoms with E-state index in [-0.39, 0.29) is 10.8 Å². The largest absolute Gasteiger partial charge is 0.455 e. The number of hydrogen-bond donors (Lipinski definition) is 0. The standard InChI is InChI=1S/C27H25NO/c1-15-18-9-7-6-8-16(18)12-19-23-21-17(10-11-28-23)13-20-22(25(21)29-24(15)19)27(4,5)14-26(20,2)3/h6-13H,14H2,1-5H3. The predicted molar refractivity (Wildman–Crippen MR) is 120 cm³/mol. The smallest absolute Gasteiger partial charge is 0.141 e. The van der Waals surface area contributed by atoms with Crippen molar-refractivity contribution in [3.05, 3.63) is 65.4 Å². The van der Waals surface area contributed by atoms with Gasteiger partial charge in [0.1, 0.15) is 11.5 Å². The van der Waals surface area contributed by atoms with Crippen molar-refractivity contribution in [3.63, 3.8) is 0 Å². The molecule has 0 bridgehead atoms. The van der Waals surface area contributed by atoms with Crippen LogP contribution in [-0.4, -0.2) is 4.98 Å². The van der Waals surface area contributed by atoms with Crippen LogP contribution in [0.1, 0.15) is 50.8 Å². The molecule has 1 aliphatic carbocycles. The van der Waals surface area contributed by atoms with Crippen LogP contribution in [0.25, 0.3) is 32.8 Å². The van der Waals surface area contributed by atoms with Gasteiger partial charge in [-0.3, -0.25) is 4.98 Å². The van der Waals surface area contributed by atoms with E-state index in [9.17, 15) is 0 Å². The number of hydrogen-bond acceptors (Lipinski definition) is 2. The highest BCUT2D eigenvalue weighted by Gasteiger charge is 2.45. The number of ether oxygens (including phenoxy) is 1. The molecular weight excluding hydrogens is 354 g/mol. The molecule has 6 rings (SSSR count). The summed E-state index contributed by atoms with van der Waals surface area (Å²) in [6.07, 6.45) is 3.06. The maximum atomic E-state index is 6.82. The van der Waals surface area contributed by atoms with E-state index in [0.29, 0.717) is 0 Å². The fraction of sp³-hybridized carbons (Fsp3) is 0.296. The molecule has 0 unspecified atom stereocenters. The van der Waals surface area contributed by atoms with Crippen LogP contribution >= 0.6 is 0 Å². The second-order valence-corrected chi connectivity index (χ2v) is 10.0. The molecule has 3 aromatic carbocycles. The van der Waals surface area contributed by atoms with Crippen molar-refractivity contribution in [2.24, 2.45) is 0 Å². The lowest BCUT2D eigenvalue weighted by molar-refractivity contribution is 0.394. The fourth-order valence-corrected chi connectivity index (χ4v) is 6.03. The monoisotopic (exact) mass is 379 g/mol. The van der Waals surface area contributed by atoms with Gasteiger partial charge in [-0.25, -0.2) is 0 Å². The molecule has 2 nitrogen and oxygen atoms in total. The Bertz CT molecular complexity index is 1360. The molecule has 0 saturated carbocycles. The van der Waals surface area contributed by atoms with Gasteiger partial charge in [0.2, 0.25) is 0 Å². The van der Waals surface area contributed by atoms with E-state index in [1.165, 1.54) is 38.2 Å². The van der Waals surface area contributed by atoms with Crippen LogP contribution in [0.3, 0.4) is 0 Å². The van der Waals surface area contributed by atoms with Crippen LogP contribution < -0.4 is 4.74 Å². The molecule has 0 radical (unpaired) electrons. The first-order valence-electron chi connectivity index (χ1n) is 10.5. The summed E-state index contributed by atoms with van der Waals surface area (Å²) in [5.41, 5.74) is 6.33. The number of benzene rings is 3. The first-order valence-corrected chi connectivity index (χ1v) is 10.5. The molecule has 0 atom stereocenters. The molecule has 2 aliphatic rings. The second kappa shape index (κ2) is 5.18. The van der Waals surface area contributed by atoms with Gasteiger partial charge in [-0.2, -0.15) is 0 Å². The van der Waals surface area contributed by atoms with Gasteiger partial charge in [0.05, 0.1) is 11.1 Å². The van der Waals surface area contributed by atoms with Crippen LogP contribution in [0.5, 0.6) is 11.5 Å². The summed E-state index contributed by atoms with van der Waals surface area (Å²) in [6, 6.07) is 15.3. The van der Waals surface area contributed by atoms with Crippen LogP contribution in [0.2, 0.25) is 0 Å². The molecule has 0 fully saturated rings. The molecule has 0 saturated heterocycles. The molecule has 144 valence electrons. The topological polar surface area (TPSA) is 22.1 Å². The third kappa shape index (κ3) is 2.09. The zero-order chi connectivity index (χ0) is 20.1. The fourth-order valence-electron chi connectivity index (χ4n) is 6.03. The summed E-state index contributed by atoms with van der Waals surface area (Å²) in [7, 11) is 0. The molecule has 2 heteroatoms. The number of pyridine rings is 1. The maximum Gasteiger partial charge on any atom is 0.141 e. The SMILES string of the molecule is Cc1c2c(cc3ccccc13)-c1nccc3cc4c(c(c13)O2)C(C)(C)CC4(C)C. The highest BCUT2D eigenvalue weighted by Crippen LogP contribution is 2.59. The molecular formula is C27H25NO. The molecule has 1 aromatic heterocycles. The van der Waals surface area contributed by atoms with Crippen LogP contribution in [0, 0.1) is 6.92 Å². The summed E-state index contributed by atoms with van der Waals surface area (Å²) in [5, 5.41) is 4.87. The molecule has 2 heterocycles. The third-order valence-corrected chi connectivity index (χ3v) is 7.01. The lowest BCUT2D eigenvalue weighted by Gasteiger charge is -2.29. The second-order valence-electron chi connectivity index (χ2n) is 10.0. The first kappa shape index (κ1) is 17.0. The Balaban J connectivity index is 1.79. The number of nitrogens with zero attached hydrogens (tertiary/aromatic N) is 1. The lowest BCUT2D eigenvalue weighted by Crippen LogP contribution is -2.18. The average Bonchev–Trinajstić information content (AvgIpc) is 2.87. The number of aryl methyl sites for hydroxylation is 1. The zero-order valence-electron chi connectivity index (χ0n) is 17.7. The van der Waals surface area contributed by atoms with E-state index in [0.717, 1.165) is 29.2 Å². The number of aromatic nitrogens is 1. The Morgan fingerprint density at radius 3 is 2.52 bits per heavy atom. The summed E-state index contributed by atoms with van der Waals surface area (Å²) in [6.45, 7) is 11.6. The van der Waals surface area contributed by atoms with Gasteiger partial charge in [-0.15, -0.1) is 0 Å². The number of fused-ring (bicyclic) bond motifs is 5. The minimum absolute atomic E-state index is 0.0672. The quantitative estimate of drug-likeness (QED) is 0.279. The summed E-state index contributed by atoms with van der Waals surface area (Å²) in [4.78, 5) is 4.86. The molecule has 29 heavy (non-hydrogen) atoms. The predicted octanol–water partition coefficient (Wildman–Crippen LogP) is 7.43. The van der Waals surface area contributed by atoms with Crippen molar-refractivity contribution in [1.82, 2.24) is 4.98 Å². The van der Waals surface area contributed by atoms with Crippen LogP contribution in [0.4, 0.5) is 0 Å². The van der Waals surface area contributed by atoms with Crippen molar-refractivity contribution >= 4 is 21.5 Å². The molecule has 4 aromatic rings. The Kier molecular flexibility index (Phi) is 3.04. The Labute approximate surface area is 171 Å². The van der Waals surface area contributed by atoms with Gasteiger partial charge >= 0.3 is 0 Å². The van der Waals surface area contributed by atoms with E-state index < -0.39 is 0 Å². The Hall–Kier alpha value is -2.87. The molecule has 0 N–H and O–H groups in total. The molecule has 1 aliphatic heterocycles. The van der Waals surface area contributed by atoms with Crippen molar-refractivity contribution in [3.8, 4) is 22.8 Å². The molecule has 0 amide bonds. The van der Waals surface area contributed by atoms with E-state index in [1.807, 2.05) is 6.20 Å². The Morgan fingerprint density at radius 2 is 1.69 bits per heavy atom. The lowest BCUT2D eigenvalue weighted by atomic mass is 9.81. The Morgan fingerprint density at radius 1 is 0.897 bits per heavy atom. The van der Waals surface area contributed by atoms with Crippen molar-refractivity contribution in [2.75, 3.05) is 0 Å². The highest BCUT2D eigenvalue weighted by molar-refractivity contribution is 6.07. The van der Waals surface area contributed by atoms with Crippen LogP contribution in [-0.2, 0) is 10.8 Å². The van der Waals surface area contributed by atoms with Crippen molar-refractivity contribution < 1.29 is 4.74 Å². The first-order chi connectivity index (χ1) is 13.8. The van der Waals surface area contributed by atoms with Gasteiger partial charge in [0.15, 0.2) is 0 Å². The number of rotatable bonds is 0. The highest BCUT2D eigenvalue weighted by atomic mass is 16.5. The van der Waals surface area contributed by atoms with Crippen LogP contribution in [0.15, 0.2) is 48.7 Å². The van der Waals surface area contributed by atoms with Crippen molar-refractivity contribution in [1.29, 1.82) is 0 Å². The van der Waals surface area contributed by atoms with Gasteiger partial charge in [0, 0.05) is 22.9 Å². The maximum absolute atomic E-state index is 6.82.